The van der Waals surface area contributed by atoms with Crippen molar-refractivity contribution in [2.24, 2.45) is 5.73 Å². The molecule has 28 heteroatoms. The Kier molecular flexibility index (Phi) is 33.4. The van der Waals surface area contributed by atoms with Crippen LogP contribution in [0.25, 0.3) is 62.2 Å². The van der Waals surface area contributed by atoms with Crippen LogP contribution >= 0.6 is 125 Å². The molecule has 0 bridgehead atoms. The number of nitrogens with zero attached hydrogens (tertiary/aromatic N) is 11. The Morgan fingerprint density at radius 3 is 1.23 bits per heavy atom. The zero-order valence-electron chi connectivity index (χ0n) is 71.0. The van der Waals surface area contributed by atoms with E-state index in [9.17, 15) is 4.79 Å². The first kappa shape index (κ1) is 92.6. The van der Waals surface area contributed by atoms with Gasteiger partial charge in [-0.15, -0.1) is 56.7 Å². The Bertz CT molecular complexity index is 5830. The number of ether oxygens (including phenoxy) is 1. The summed E-state index contributed by atoms with van der Waals surface area (Å²) in [6, 6.07) is 45.3. The molecule has 10 aromatic heterocycles. The lowest BCUT2D eigenvalue weighted by atomic mass is 10.1. The molecular weight excluding hydrogens is 1860 g/mol. The number of hydrogen-bond donors (Lipinski definition) is 6. The smallest absolute Gasteiger partial charge is 0.410 e. The van der Waals surface area contributed by atoms with Gasteiger partial charge in [-0.05, 0) is 264 Å². The van der Waals surface area contributed by atoms with Crippen LogP contribution in [-0.4, -0.2) is 106 Å². The maximum Gasteiger partial charge on any atom is 0.410 e. The average molecular weight is 1970 g/mol. The van der Waals surface area contributed by atoms with Gasteiger partial charge in [0, 0.05) is 60.1 Å². The largest absolute Gasteiger partial charge is 0.444 e. The van der Waals surface area contributed by atoms with Crippen molar-refractivity contribution in [3.8, 4) is 0 Å². The third-order valence-electron chi connectivity index (χ3n) is 19.3. The SMILES string of the molecule is CC1=CCN(C(=O)OC(C)(C)C)CC1.Cc1cccc([C@@H](C)N)c1.Cc1cccc([C@@H](C)Nc2nc(C)nc3cc(C4=CCNCC4)sc23)c1.Cc1cccc([C@@H](C)Nc2nc(C)nc3cc(C4=CCNCC4)sc23)c1.Cc1cccc([C@@H](C)Nc2nc(C)nc3cc(I)sc23)c1.Cc1nc(Cl)c2sc(I)cc2n1.Cc1nc(Cl)c2sccc2n1. The van der Waals surface area contributed by atoms with Crippen LogP contribution < -0.4 is 32.3 Å². The van der Waals surface area contributed by atoms with Crippen LogP contribution in [0.5, 0.6) is 0 Å². The van der Waals surface area contributed by atoms with Gasteiger partial charge in [-0.25, -0.2) is 54.6 Å². The summed E-state index contributed by atoms with van der Waals surface area (Å²) in [5.74, 6) is 6.66. The van der Waals surface area contributed by atoms with Gasteiger partial charge in [0.1, 0.15) is 52.2 Å². The topological polar surface area (TPSA) is 245 Å². The number of carbonyl (C=O) groups excluding carboxylic acids is 1. The first-order valence-corrected chi connectivity index (χ1v) is 47.0. The lowest BCUT2D eigenvalue weighted by molar-refractivity contribution is 0.0266. The highest BCUT2D eigenvalue weighted by Crippen LogP contribution is 2.40. The van der Waals surface area contributed by atoms with Gasteiger partial charge in [-0.3, -0.25) is 0 Å². The molecule has 628 valence electrons. The second kappa shape index (κ2) is 43.3. The number of aromatic nitrogens is 10. The van der Waals surface area contributed by atoms with Gasteiger partial charge >= 0.3 is 6.09 Å². The van der Waals surface area contributed by atoms with E-state index in [4.69, 9.17) is 43.6 Å². The van der Waals surface area contributed by atoms with E-state index in [-0.39, 0.29) is 30.3 Å². The summed E-state index contributed by atoms with van der Waals surface area (Å²) in [6.07, 6.45) is 9.55. The standard InChI is InChI=1S/2C21H24N4S.C16H16IN3S.C11H19NO2.C9H13N.C7H4ClIN2S.C7H5ClN2S/c2*1-13-5-4-6-17(11-13)14(2)23-21-20-18(24-15(3)25-21)12-19(26-20)16-7-9-22-10-8-16;1-9-5-4-6-12(7-9)10(2)18-16-15-13(8-14(17)21-15)19-11(3)20-16;1-9-5-7-12(8-6-9)10(13)14-11(2,3)4;1-7-4-3-5-9(6-7)8(2)10;1-3-10-4-2-5(9)12-6(4)7(8)11-3;1-4-9-5-2-3-11-6(5)7(8)10-4/h2*4-7,11-12,14,22H,8-10H2,1-3H3,(H,23,24,25);4-8,10H,1-3H3,(H,18,19,20);5H,6-8H2,1-4H3;3-6,8H,10H2,1-2H3;2H,1H3;2-3H,1H3/t2*14-;10-;;8-;;/m111.1../s1. The molecule has 120 heavy (non-hydrogen) atoms. The molecule has 1 amide bonds. The molecule has 4 atom stereocenters. The van der Waals surface area contributed by atoms with Crippen LogP contribution in [0, 0.1) is 68.1 Å². The van der Waals surface area contributed by atoms with Crippen molar-refractivity contribution in [1.29, 1.82) is 0 Å². The molecule has 17 rings (SSSR count). The van der Waals surface area contributed by atoms with Crippen LogP contribution in [0.4, 0.5) is 22.2 Å². The fraction of sp³-hybridized carbons (Fsp3) is 0.337. The van der Waals surface area contributed by atoms with Crippen LogP contribution in [0.2, 0.25) is 10.3 Å². The van der Waals surface area contributed by atoms with E-state index in [2.05, 4.69) is 294 Å². The fourth-order valence-corrected chi connectivity index (χ4v) is 20.2. The van der Waals surface area contributed by atoms with E-state index < -0.39 is 5.60 Å². The summed E-state index contributed by atoms with van der Waals surface area (Å²) in [4.78, 5) is 60.4. The van der Waals surface area contributed by atoms with Crippen molar-refractivity contribution in [3.63, 3.8) is 0 Å². The Morgan fingerprint density at radius 2 is 0.842 bits per heavy atom. The molecule has 0 fully saturated rings. The van der Waals surface area contributed by atoms with Gasteiger partial charge in [-0.1, -0.05) is 166 Å². The molecule has 0 aliphatic carbocycles. The van der Waals surface area contributed by atoms with Gasteiger partial charge < -0.3 is 42.0 Å². The van der Waals surface area contributed by atoms with Crippen molar-refractivity contribution in [2.45, 2.75) is 167 Å². The number of fused-ring (bicyclic) bond motifs is 5. The molecule has 13 heterocycles. The second-order valence-corrected chi connectivity index (χ2v) is 40.6. The summed E-state index contributed by atoms with van der Waals surface area (Å²) in [5.41, 5.74) is 24.6. The minimum Gasteiger partial charge on any atom is -0.444 e. The van der Waals surface area contributed by atoms with Crippen molar-refractivity contribution in [3.05, 3.63) is 256 Å². The molecule has 0 spiro atoms. The van der Waals surface area contributed by atoms with Crippen LogP contribution in [0.3, 0.4) is 0 Å². The van der Waals surface area contributed by atoms with E-state index >= 15 is 0 Å². The van der Waals surface area contributed by atoms with E-state index in [1.165, 1.54) is 76.7 Å². The summed E-state index contributed by atoms with van der Waals surface area (Å²) in [5, 5.41) is 20.6. The quantitative estimate of drug-likeness (QED) is 0.0378. The summed E-state index contributed by atoms with van der Waals surface area (Å²) in [7, 11) is 0. The first-order chi connectivity index (χ1) is 57.2. The predicted octanol–water partition coefficient (Wildman–Crippen LogP) is 25.3. The van der Waals surface area contributed by atoms with Crippen LogP contribution in [0.15, 0.2) is 157 Å². The van der Waals surface area contributed by atoms with Crippen LogP contribution in [0.1, 0.15) is 182 Å². The monoisotopic (exact) mass is 1960 g/mol. The Morgan fingerprint density at radius 1 is 0.467 bits per heavy atom. The number of halogens is 4. The number of hydrogen-bond acceptors (Lipinski definition) is 23. The normalized spacial score (nSPS) is 14.2. The molecule has 7 N–H and O–H groups in total. The minimum absolute atomic E-state index is 0.153. The number of thiophene rings is 5. The maximum atomic E-state index is 11.6. The number of rotatable bonds is 12. The third-order valence-corrected chi connectivity index (χ3v) is 27.2. The number of nitrogens with two attached hydrogens (primary N) is 1. The van der Waals surface area contributed by atoms with E-state index in [0.29, 0.717) is 16.9 Å². The van der Waals surface area contributed by atoms with Gasteiger partial charge in [0.15, 0.2) is 10.3 Å². The Labute approximate surface area is 762 Å². The average Bonchev–Trinajstić information content (AvgIpc) is 1.57. The Balaban J connectivity index is 0.000000141. The number of amides is 1. The molecule has 0 unspecified atom stereocenters. The van der Waals surface area contributed by atoms with Crippen molar-refractivity contribution in [2.75, 3.05) is 55.2 Å². The zero-order valence-corrected chi connectivity index (χ0v) is 80.9. The lowest BCUT2D eigenvalue weighted by Gasteiger charge is -2.28. The molecule has 3 aliphatic rings. The Hall–Kier alpha value is -8.11. The highest BCUT2D eigenvalue weighted by molar-refractivity contribution is 14.1. The second-order valence-electron chi connectivity index (χ2n) is 30.9. The fourth-order valence-electron chi connectivity index (χ4n) is 13.2. The number of carbonyl (C=O) groups is 1. The molecular formula is C92H105Cl2I2N17O2S5. The number of benzene rings is 4. The number of nitrogens with one attached hydrogen (secondary N) is 5. The molecule has 0 saturated heterocycles. The molecule has 0 saturated carbocycles. The van der Waals surface area contributed by atoms with E-state index in [1.807, 2.05) is 85.9 Å². The lowest BCUT2D eigenvalue weighted by Crippen LogP contribution is -2.39. The first-order valence-electron chi connectivity index (χ1n) is 40.0. The third kappa shape index (κ3) is 26.7. The highest BCUT2D eigenvalue weighted by atomic mass is 127. The number of anilines is 3. The molecule has 3 aliphatic heterocycles. The van der Waals surface area contributed by atoms with Crippen molar-refractivity contribution >= 4 is 211 Å². The van der Waals surface area contributed by atoms with Crippen molar-refractivity contribution < 1.29 is 9.53 Å². The van der Waals surface area contributed by atoms with Gasteiger partial charge in [0.25, 0.3) is 0 Å². The zero-order chi connectivity index (χ0) is 86.1. The van der Waals surface area contributed by atoms with Gasteiger partial charge in [-0.2, -0.15) is 0 Å². The molecule has 14 aromatic rings. The maximum absolute atomic E-state index is 11.6. The van der Waals surface area contributed by atoms with E-state index in [0.717, 1.165) is 150 Å². The number of aryl methyl sites for hydroxylation is 9. The summed E-state index contributed by atoms with van der Waals surface area (Å²) < 4.78 is 13.0. The van der Waals surface area contributed by atoms with Crippen LogP contribution in [-0.2, 0) is 4.74 Å². The van der Waals surface area contributed by atoms with Gasteiger partial charge in [0.2, 0.25) is 0 Å². The molecule has 0 radical (unpaired) electrons. The summed E-state index contributed by atoms with van der Waals surface area (Å²) >= 11 is 24.9. The molecule has 19 nitrogen and oxygen atoms in total. The minimum atomic E-state index is -0.396. The predicted molar refractivity (Wildman–Crippen MR) is 527 cm³/mol. The van der Waals surface area contributed by atoms with Crippen molar-refractivity contribution in [1.82, 2.24) is 65.4 Å². The molecule has 4 aromatic carbocycles. The summed E-state index contributed by atoms with van der Waals surface area (Å²) in [6.45, 7) is 39.7. The highest BCUT2D eigenvalue weighted by Gasteiger charge is 2.24. The van der Waals surface area contributed by atoms with Gasteiger partial charge in [0.05, 0.1) is 56.9 Å². The van der Waals surface area contributed by atoms with E-state index in [1.54, 1.807) is 61.6 Å².